The average molecular weight is 299 g/mol. The Labute approximate surface area is 123 Å². The van der Waals surface area contributed by atoms with Crippen molar-refractivity contribution in [2.24, 2.45) is 11.8 Å². The van der Waals surface area contributed by atoms with Gasteiger partial charge in [0.25, 0.3) is 0 Å². The molecule has 0 bridgehead atoms. The average Bonchev–Trinajstić information content (AvgIpc) is 2.66. The largest absolute Gasteiger partial charge is 0.477 e. The summed E-state index contributed by atoms with van der Waals surface area (Å²) in [5.74, 6) is -1.32. The molecule has 2 rings (SSSR count). The molecular formula is C14H21NO4S. The summed E-state index contributed by atoms with van der Waals surface area (Å²) in [5, 5.41) is 18.8. The van der Waals surface area contributed by atoms with Crippen molar-refractivity contribution in [2.75, 3.05) is 6.61 Å². The first kappa shape index (κ1) is 15.4. The third kappa shape index (κ3) is 2.24. The van der Waals surface area contributed by atoms with E-state index in [2.05, 4.69) is 0 Å². The number of aliphatic carboxylic acids is 1. The first-order valence-electron chi connectivity index (χ1n) is 7.02. The van der Waals surface area contributed by atoms with E-state index in [1.54, 1.807) is 11.8 Å². The number of aliphatic hydroxyl groups is 1. The second kappa shape index (κ2) is 5.77. The van der Waals surface area contributed by atoms with Crippen molar-refractivity contribution in [3.63, 3.8) is 0 Å². The number of carbonyl (C=O) groups is 2. The maximum atomic E-state index is 12.1. The number of amides is 1. The highest BCUT2D eigenvalue weighted by atomic mass is 32.2. The lowest BCUT2D eigenvalue weighted by molar-refractivity contribution is -0.157. The Morgan fingerprint density at radius 3 is 2.50 bits per heavy atom. The van der Waals surface area contributed by atoms with Crippen LogP contribution in [0.1, 0.15) is 33.6 Å². The molecule has 0 saturated carbocycles. The molecule has 0 aromatic carbocycles. The van der Waals surface area contributed by atoms with Crippen molar-refractivity contribution in [1.82, 2.24) is 4.90 Å². The third-order valence-electron chi connectivity index (χ3n) is 3.93. The van der Waals surface area contributed by atoms with Crippen LogP contribution < -0.4 is 0 Å². The molecule has 2 N–H and O–H groups in total. The topological polar surface area (TPSA) is 77.8 Å². The monoisotopic (exact) mass is 299 g/mol. The molecule has 0 aromatic heterocycles. The molecule has 5 nitrogen and oxygen atoms in total. The number of carboxylic acids is 1. The fourth-order valence-electron chi connectivity index (χ4n) is 3.20. The van der Waals surface area contributed by atoms with E-state index in [-0.39, 0.29) is 41.3 Å². The number of carbonyl (C=O) groups excluding carboxylic acids is 1. The molecule has 0 radical (unpaired) electrons. The number of carboxylic acid groups (broad SMARTS) is 1. The van der Waals surface area contributed by atoms with Crippen molar-refractivity contribution in [3.05, 3.63) is 10.6 Å². The maximum absolute atomic E-state index is 12.1. The molecule has 1 saturated heterocycles. The van der Waals surface area contributed by atoms with Crippen molar-refractivity contribution >= 4 is 23.6 Å². The van der Waals surface area contributed by atoms with Crippen molar-refractivity contribution in [1.29, 1.82) is 0 Å². The van der Waals surface area contributed by atoms with E-state index in [1.165, 1.54) is 4.90 Å². The molecule has 6 heteroatoms. The van der Waals surface area contributed by atoms with Gasteiger partial charge < -0.3 is 15.1 Å². The van der Waals surface area contributed by atoms with Crippen molar-refractivity contribution in [2.45, 2.75) is 44.9 Å². The molecule has 20 heavy (non-hydrogen) atoms. The first-order chi connectivity index (χ1) is 9.43. The van der Waals surface area contributed by atoms with Gasteiger partial charge in [0.2, 0.25) is 5.91 Å². The van der Waals surface area contributed by atoms with Crippen LogP contribution in [0, 0.1) is 11.8 Å². The number of thioether (sulfide) groups is 1. The lowest BCUT2D eigenvalue weighted by Gasteiger charge is -2.45. The van der Waals surface area contributed by atoms with Gasteiger partial charge in [-0.2, -0.15) is 0 Å². The molecule has 1 fully saturated rings. The van der Waals surface area contributed by atoms with Gasteiger partial charge >= 0.3 is 5.97 Å². The Morgan fingerprint density at radius 2 is 2.05 bits per heavy atom. The minimum Gasteiger partial charge on any atom is -0.477 e. The summed E-state index contributed by atoms with van der Waals surface area (Å²) in [6.45, 7) is 6.03. The van der Waals surface area contributed by atoms with E-state index < -0.39 is 5.97 Å². The Morgan fingerprint density at radius 1 is 1.40 bits per heavy atom. The summed E-state index contributed by atoms with van der Waals surface area (Å²) >= 11 is 1.54. The summed E-state index contributed by atoms with van der Waals surface area (Å²) in [6, 6.07) is -0.0769. The lowest BCUT2D eigenvalue weighted by atomic mass is 9.79. The molecule has 1 amide bonds. The maximum Gasteiger partial charge on any atom is 0.353 e. The molecule has 0 aliphatic carbocycles. The molecule has 2 heterocycles. The van der Waals surface area contributed by atoms with Gasteiger partial charge in [0.1, 0.15) is 5.70 Å². The van der Waals surface area contributed by atoms with Gasteiger partial charge in [-0.3, -0.25) is 4.79 Å². The summed E-state index contributed by atoms with van der Waals surface area (Å²) in [5.41, 5.74) is 0.166. The number of rotatable bonds is 6. The van der Waals surface area contributed by atoms with E-state index >= 15 is 0 Å². The second-order valence-corrected chi connectivity index (χ2v) is 7.14. The predicted octanol–water partition coefficient (Wildman–Crippen LogP) is 1.67. The Balaban J connectivity index is 2.37. The first-order valence-corrected chi connectivity index (χ1v) is 7.90. The van der Waals surface area contributed by atoms with E-state index in [0.29, 0.717) is 6.42 Å². The van der Waals surface area contributed by atoms with Gasteiger partial charge in [-0.05, 0) is 12.8 Å². The summed E-state index contributed by atoms with van der Waals surface area (Å²) in [6.07, 6.45) is 1.23. The van der Waals surface area contributed by atoms with Crippen LogP contribution in [0.3, 0.4) is 0 Å². The van der Waals surface area contributed by atoms with Crippen molar-refractivity contribution in [3.8, 4) is 0 Å². The zero-order valence-corrected chi connectivity index (χ0v) is 12.8. The van der Waals surface area contributed by atoms with Crippen LogP contribution in [0.15, 0.2) is 10.6 Å². The minimum absolute atomic E-state index is 0.0355. The second-order valence-electron chi connectivity index (χ2n) is 5.52. The molecule has 2 aliphatic rings. The normalized spacial score (nSPS) is 28.9. The zero-order chi connectivity index (χ0) is 15.0. The minimum atomic E-state index is -1.02. The summed E-state index contributed by atoms with van der Waals surface area (Å²) in [7, 11) is 0. The quantitative estimate of drug-likeness (QED) is 0.730. The van der Waals surface area contributed by atoms with Crippen LogP contribution in [-0.4, -0.2) is 44.9 Å². The van der Waals surface area contributed by atoms with Gasteiger partial charge in [-0.1, -0.05) is 20.8 Å². The Hall–Kier alpha value is -1.01. The van der Waals surface area contributed by atoms with Gasteiger partial charge in [0, 0.05) is 22.7 Å². The number of nitrogens with zero attached hydrogens (tertiary/aromatic N) is 1. The predicted molar refractivity (Wildman–Crippen MR) is 77.0 cm³/mol. The summed E-state index contributed by atoms with van der Waals surface area (Å²) in [4.78, 5) is 26.0. The number of fused-ring (bicyclic) bond motifs is 1. The molecule has 2 aliphatic heterocycles. The standard InChI is InChI=1S/C14H21NO4S/c1-4-8-10-9(5-6-16)13(17)15(10)11(14(18)19)12(8)20-7(2)3/h7-10,16H,4-6H2,1-3H3,(H,18,19)/t8-,9+,10-/m1/s1. The van der Waals surface area contributed by atoms with Crippen LogP contribution in [0.2, 0.25) is 0 Å². The van der Waals surface area contributed by atoms with Crippen LogP contribution in [0.5, 0.6) is 0 Å². The molecule has 0 spiro atoms. The molecule has 3 atom stereocenters. The van der Waals surface area contributed by atoms with Crippen molar-refractivity contribution < 1.29 is 19.8 Å². The number of hydrogen-bond donors (Lipinski definition) is 2. The highest BCUT2D eigenvalue weighted by Crippen LogP contribution is 2.52. The molecular weight excluding hydrogens is 278 g/mol. The van der Waals surface area contributed by atoms with E-state index in [9.17, 15) is 14.7 Å². The van der Waals surface area contributed by atoms with E-state index in [4.69, 9.17) is 5.11 Å². The third-order valence-corrected chi connectivity index (χ3v) is 5.15. The van der Waals surface area contributed by atoms with Gasteiger partial charge in [0.05, 0.1) is 12.0 Å². The summed E-state index contributed by atoms with van der Waals surface area (Å²) < 4.78 is 0. The van der Waals surface area contributed by atoms with Crippen LogP contribution in [0.25, 0.3) is 0 Å². The van der Waals surface area contributed by atoms with E-state index in [1.807, 2.05) is 20.8 Å². The van der Waals surface area contributed by atoms with Gasteiger partial charge in [-0.15, -0.1) is 11.8 Å². The number of aliphatic hydroxyl groups excluding tert-OH is 1. The zero-order valence-electron chi connectivity index (χ0n) is 12.0. The van der Waals surface area contributed by atoms with Crippen LogP contribution >= 0.6 is 11.8 Å². The number of β-lactam (4-membered cyclic amide) rings is 1. The Kier molecular flexibility index (Phi) is 4.44. The smallest absolute Gasteiger partial charge is 0.353 e. The molecule has 112 valence electrons. The van der Waals surface area contributed by atoms with E-state index in [0.717, 1.165) is 11.3 Å². The van der Waals surface area contributed by atoms with Crippen LogP contribution in [0.4, 0.5) is 0 Å². The number of hydrogen-bond acceptors (Lipinski definition) is 4. The SMILES string of the molecule is CC[C@H]1C(SC(C)C)=C(C(=O)O)N2C(=O)[C@@H](CCO)[C@@H]12. The lowest BCUT2D eigenvalue weighted by Crippen LogP contribution is -2.60. The fourth-order valence-corrected chi connectivity index (χ4v) is 4.49. The van der Waals surface area contributed by atoms with Gasteiger partial charge in [-0.25, -0.2) is 4.79 Å². The molecule has 0 aromatic rings. The fraction of sp³-hybridized carbons (Fsp3) is 0.714. The highest BCUT2D eigenvalue weighted by Gasteiger charge is 2.58. The molecule has 0 unspecified atom stereocenters. The van der Waals surface area contributed by atoms with Gasteiger partial charge in [0.15, 0.2) is 0 Å². The highest BCUT2D eigenvalue weighted by molar-refractivity contribution is 8.03. The Bertz CT molecular complexity index is 460. The van der Waals surface area contributed by atoms with Crippen LogP contribution in [-0.2, 0) is 9.59 Å².